The molecular weight excluding hydrogens is 258 g/mol. The Bertz CT molecular complexity index is 489. The molecule has 2 heteroatoms. The van der Waals surface area contributed by atoms with Gasteiger partial charge < -0.3 is 4.74 Å². The number of nitriles is 1. The molecule has 0 amide bonds. The second kappa shape index (κ2) is 6.52. The van der Waals surface area contributed by atoms with Crippen LogP contribution in [-0.4, -0.2) is 7.11 Å². The van der Waals surface area contributed by atoms with Crippen molar-refractivity contribution in [3.63, 3.8) is 0 Å². The van der Waals surface area contributed by atoms with E-state index in [9.17, 15) is 0 Å². The number of methoxy groups -OCH3 is 1. The molecule has 0 unspecified atom stereocenters. The van der Waals surface area contributed by atoms with Crippen molar-refractivity contribution in [3.05, 3.63) is 28.8 Å². The Hall–Kier alpha value is -1.49. The van der Waals surface area contributed by atoms with Gasteiger partial charge in [0.1, 0.15) is 5.75 Å². The third kappa shape index (κ3) is 4.49. The molecule has 1 aromatic rings. The van der Waals surface area contributed by atoms with Gasteiger partial charge in [0.15, 0.2) is 0 Å². The van der Waals surface area contributed by atoms with Crippen LogP contribution in [0.15, 0.2) is 12.1 Å². The molecule has 0 fully saturated rings. The molecule has 0 heterocycles. The summed E-state index contributed by atoms with van der Waals surface area (Å²) in [6, 6.07) is 6.74. The summed E-state index contributed by atoms with van der Waals surface area (Å²) in [6.07, 6.45) is 2.47. The largest absolute Gasteiger partial charge is 0.496 e. The van der Waals surface area contributed by atoms with Crippen LogP contribution in [0.5, 0.6) is 5.75 Å². The lowest BCUT2D eigenvalue weighted by Gasteiger charge is -2.30. The van der Waals surface area contributed by atoms with Gasteiger partial charge in [0.05, 0.1) is 13.2 Å². The molecule has 0 aliphatic rings. The number of hydrogen-bond acceptors (Lipinski definition) is 2. The Morgan fingerprint density at radius 1 is 1.00 bits per heavy atom. The molecule has 116 valence electrons. The minimum Gasteiger partial charge on any atom is -0.496 e. The zero-order valence-corrected chi connectivity index (χ0v) is 14.6. The van der Waals surface area contributed by atoms with Gasteiger partial charge in [0, 0.05) is 17.5 Å². The average molecular weight is 287 g/mol. The highest BCUT2D eigenvalue weighted by Crippen LogP contribution is 2.40. The molecule has 0 aromatic heterocycles. The summed E-state index contributed by atoms with van der Waals surface area (Å²) in [7, 11) is 1.76. The van der Waals surface area contributed by atoms with Crippen LogP contribution in [0, 0.1) is 11.3 Å². The Morgan fingerprint density at radius 2 is 1.48 bits per heavy atom. The second-order valence-corrected chi connectivity index (χ2v) is 7.74. The molecule has 21 heavy (non-hydrogen) atoms. The molecule has 0 N–H and O–H groups in total. The van der Waals surface area contributed by atoms with Crippen LogP contribution in [0.25, 0.3) is 0 Å². The van der Waals surface area contributed by atoms with E-state index >= 15 is 0 Å². The van der Waals surface area contributed by atoms with Gasteiger partial charge in [-0.05, 0) is 29.2 Å². The molecule has 0 aliphatic heterocycles. The molecule has 0 saturated carbocycles. The molecule has 2 nitrogen and oxygen atoms in total. The van der Waals surface area contributed by atoms with Gasteiger partial charge in [-0.3, -0.25) is 0 Å². The van der Waals surface area contributed by atoms with Crippen molar-refractivity contribution in [2.75, 3.05) is 7.11 Å². The number of ether oxygens (including phenoxy) is 1. The predicted octanol–water partition coefficient (Wildman–Crippen LogP) is 5.14. The van der Waals surface area contributed by atoms with E-state index in [1.165, 1.54) is 16.7 Å². The minimum atomic E-state index is 0.0383. The SMILES string of the molecule is COc1c(C(C)(C)C)cc(CCCC#N)cc1C(C)(C)C. The van der Waals surface area contributed by atoms with E-state index in [1.54, 1.807) is 7.11 Å². The molecule has 1 rings (SSSR count). The maximum absolute atomic E-state index is 8.72. The van der Waals surface area contributed by atoms with Gasteiger partial charge in [0.25, 0.3) is 0 Å². The molecule has 0 spiro atoms. The van der Waals surface area contributed by atoms with E-state index in [4.69, 9.17) is 10.00 Å². The van der Waals surface area contributed by atoms with Gasteiger partial charge in [-0.25, -0.2) is 0 Å². The van der Waals surface area contributed by atoms with Crippen LogP contribution in [0.3, 0.4) is 0 Å². The van der Waals surface area contributed by atoms with Crippen molar-refractivity contribution in [3.8, 4) is 11.8 Å². The van der Waals surface area contributed by atoms with E-state index in [1.807, 2.05) is 0 Å². The summed E-state index contributed by atoms with van der Waals surface area (Å²) < 4.78 is 5.76. The highest BCUT2D eigenvalue weighted by Gasteiger charge is 2.27. The van der Waals surface area contributed by atoms with Gasteiger partial charge in [-0.2, -0.15) is 5.26 Å². The maximum Gasteiger partial charge on any atom is 0.126 e. The highest BCUT2D eigenvalue weighted by molar-refractivity contribution is 5.50. The van der Waals surface area contributed by atoms with E-state index in [2.05, 4.69) is 59.7 Å². The van der Waals surface area contributed by atoms with Crippen molar-refractivity contribution < 1.29 is 4.74 Å². The number of nitrogens with zero attached hydrogens (tertiary/aromatic N) is 1. The second-order valence-electron chi connectivity index (χ2n) is 7.74. The summed E-state index contributed by atoms with van der Waals surface area (Å²) >= 11 is 0. The summed E-state index contributed by atoms with van der Waals surface area (Å²) in [5.41, 5.74) is 3.89. The first kappa shape index (κ1) is 17.6. The monoisotopic (exact) mass is 287 g/mol. The molecular formula is C19H29NO. The van der Waals surface area contributed by atoms with Crippen LogP contribution < -0.4 is 4.74 Å². The molecule has 0 aliphatic carbocycles. The van der Waals surface area contributed by atoms with Crippen LogP contribution in [0.2, 0.25) is 0 Å². The first-order chi connectivity index (χ1) is 9.61. The summed E-state index contributed by atoms with van der Waals surface area (Å²) in [4.78, 5) is 0. The fourth-order valence-electron chi connectivity index (χ4n) is 2.54. The fourth-order valence-corrected chi connectivity index (χ4v) is 2.54. The summed E-state index contributed by atoms with van der Waals surface area (Å²) in [6.45, 7) is 13.3. The third-order valence-electron chi connectivity index (χ3n) is 3.72. The van der Waals surface area contributed by atoms with E-state index < -0.39 is 0 Å². The summed E-state index contributed by atoms with van der Waals surface area (Å²) in [5.74, 6) is 1.01. The molecule has 0 radical (unpaired) electrons. The Balaban J connectivity index is 3.41. The number of benzene rings is 1. The lowest BCUT2D eigenvalue weighted by Crippen LogP contribution is -2.19. The van der Waals surface area contributed by atoms with Gasteiger partial charge in [0.2, 0.25) is 0 Å². The minimum absolute atomic E-state index is 0.0383. The van der Waals surface area contributed by atoms with Crippen LogP contribution in [0.1, 0.15) is 71.1 Å². The molecule has 0 saturated heterocycles. The number of aryl methyl sites for hydroxylation is 1. The van der Waals surface area contributed by atoms with Crippen LogP contribution in [-0.2, 0) is 17.3 Å². The normalized spacial score (nSPS) is 12.1. The van der Waals surface area contributed by atoms with Gasteiger partial charge in [-0.1, -0.05) is 53.7 Å². The van der Waals surface area contributed by atoms with Crippen molar-refractivity contribution in [1.29, 1.82) is 5.26 Å². The molecule has 0 atom stereocenters. The molecule has 1 aromatic carbocycles. The number of rotatable bonds is 4. The Labute approximate surface area is 130 Å². The fraction of sp³-hybridized carbons (Fsp3) is 0.632. The zero-order chi connectivity index (χ0) is 16.3. The lowest BCUT2D eigenvalue weighted by molar-refractivity contribution is 0.381. The lowest BCUT2D eigenvalue weighted by atomic mass is 9.78. The van der Waals surface area contributed by atoms with E-state index in [0.717, 1.165) is 18.6 Å². The smallest absolute Gasteiger partial charge is 0.126 e. The standard InChI is InChI=1S/C19H29NO/c1-18(2,3)15-12-14(10-8-9-11-20)13-16(17(15)21-7)19(4,5)6/h12-13H,8-10H2,1-7H3. The summed E-state index contributed by atoms with van der Waals surface area (Å²) in [5, 5.41) is 8.72. The van der Waals surface area contributed by atoms with Crippen molar-refractivity contribution in [2.24, 2.45) is 0 Å². The van der Waals surface area contributed by atoms with Crippen LogP contribution >= 0.6 is 0 Å². The topological polar surface area (TPSA) is 33.0 Å². The van der Waals surface area contributed by atoms with Gasteiger partial charge >= 0.3 is 0 Å². The van der Waals surface area contributed by atoms with Crippen LogP contribution in [0.4, 0.5) is 0 Å². The third-order valence-corrected chi connectivity index (χ3v) is 3.72. The average Bonchev–Trinajstić information content (AvgIpc) is 2.36. The number of hydrogen-bond donors (Lipinski definition) is 0. The van der Waals surface area contributed by atoms with E-state index in [-0.39, 0.29) is 10.8 Å². The number of unbranched alkanes of at least 4 members (excludes halogenated alkanes) is 1. The predicted molar refractivity (Wildman–Crippen MR) is 88.9 cm³/mol. The Morgan fingerprint density at radius 3 is 1.81 bits per heavy atom. The first-order valence-electron chi connectivity index (χ1n) is 7.70. The first-order valence-corrected chi connectivity index (χ1v) is 7.70. The van der Waals surface area contributed by atoms with Crippen molar-refractivity contribution >= 4 is 0 Å². The Kier molecular flexibility index (Phi) is 5.45. The van der Waals surface area contributed by atoms with E-state index in [0.29, 0.717) is 6.42 Å². The highest BCUT2D eigenvalue weighted by atomic mass is 16.5. The maximum atomic E-state index is 8.72. The van der Waals surface area contributed by atoms with Crippen molar-refractivity contribution in [2.45, 2.75) is 71.6 Å². The van der Waals surface area contributed by atoms with Crippen molar-refractivity contribution in [1.82, 2.24) is 0 Å². The quantitative estimate of drug-likeness (QED) is 0.719. The van der Waals surface area contributed by atoms with Gasteiger partial charge in [-0.15, -0.1) is 0 Å². The molecule has 0 bridgehead atoms. The zero-order valence-electron chi connectivity index (χ0n) is 14.6.